The third-order valence-corrected chi connectivity index (χ3v) is 5.29. The van der Waals surface area contributed by atoms with Crippen LogP contribution in [0.1, 0.15) is 30.1 Å². The highest BCUT2D eigenvalue weighted by Crippen LogP contribution is 2.24. The zero-order valence-corrected chi connectivity index (χ0v) is 13.8. The molecule has 0 aliphatic heterocycles. The fraction of sp³-hybridized carbons (Fsp3) is 0.385. The number of rotatable bonds is 7. The largest absolute Gasteiger partial charge is 0.478 e. The van der Waals surface area contributed by atoms with Gasteiger partial charge in [0.25, 0.3) is 0 Å². The van der Waals surface area contributed by atoms with Gasteiger partial charge in [-0.25, -0.2) is 13.2 Å². The molecule has 1 amide bonds. The Morgan fingerprint density at radius 1 is 1.33 bits per heavy atom. The third-order valence-electron chi connectivity index (χ3n) is 2.69. The van der Waals surface area contributed by atoms with E-state index in [4.69, 9.17) is 5.11 Å². The van der Waals surface area contributed by atoms with E-state index in [-0.39, 0.29) is 14.9 Å². The monoisotopic (exact) mass is 377 g/mol. The first kappa shape index (κ1) is 17.6. The van der Waals surface area contributed by atoms with Crippen LogP contribution in [0.5, 0.6) is 0 Å². The molecular weight excluding hydrogens is 362 g/mol. The number of aromatic carboxylic acids is 1. The number of unbranched alkanes of at least 4 members (excludes halogenated alkanes) is 1. The number of carbonyl (C=O) groups excluding carboxylic acids is 1. The van der Waals surface area contributed by atoms with Gasteiger partial charge in [0, 0.05) is 11.0 Å². The maximum atomic E-state index is 12.2. The molecule has 0 saturated heterocycles. The van der Waals surface area contributed by atoms with Crippen LogP contribution in [0.4, 0.5) is 0 Å². The first-order chi connectivity index (χ1) is 9.77. The van der Waals surface area contributed by atoms with Gasteiger partial charge in [-0.15, -0.1) is 0 Å². The molecule has 0 saturated carbocycles. The summed E-state index contributed by atoms with van der Waals surface area (Å²) in [7, 11) is -3.91. The average Bonchev–Trinajstić information content (AvgIpc) is 2.38. The summed E-state index contributed by atoms with van der Waals surface area (Å²) in [5, 5.41) is 11.4. The van der Waals surface area contributed by atoms with Crippen molar-refractivity contribution in [1.82, 2.24) is 5.32 Å². The summed E-state index contributed by atoms with van der Waals surface area (Å²) in [6.45, 7) is 2.37. The zero-order valence-electron chi connectivity index (χ0n) is 11.4. The molecule has 1 aromatic carbocycles. The molecular formula is C13H16BrNO5S. The second-order valence-electron chi connectivity index (χ2n) is 4.41. The van der Waals surface area contributed by atoms with Crippen LogP contribution >= 0.6 is 15.9 Å². The van der Waals surface area contributed by atoms with E-state index >= 15 is 0 Å². The van der Waals surface area contributed by atoms with Crippen molar-refractivity contribution in [3.05, 3.63) is 28.2 Å². The number of nitrogens with one attached hydrogen (secondary N) is 1. The van der Waals surface area contributed by atoms with Crippen LogP contribution in [-0.4, -0.2) is 37.7 Å². The molecule has 2 N–H and O–H groups in total. The fourth-order valence-corrected chi connectivity index (χ4v) is 3.84. The molecule has 21 heavy (non-hydrogen) atoms. The van der Waals surface area contributed by atoms with Crippen molar-refractivity contribution in [2.75, 3.05) is 12.3 Å². The van der Waals surface area contributed by atoms with Gasteiger partial charge < -0.3 is 10.4 Å². The van der Waals surface area contributed by atoms with Gasteiger partial charge in [-0.3, -0.25) is 4.79 Å². The lowest BCUT2D eigenvalue weighted by Crippen LogP contribution is -2.31. The number of carboxylic acid groups (broad SMARTS) is 1. The van der Waals surface area contributed by atoms with Crippen LogP contribution in [-0.2, 0) is 14.6 Å². The lowest BCUT2D eigenvalue weighted by Gasteiger charge is -2.08. The van der Waals surface area contributed by atoms with Crippen molar-refractivity contribution in [2.24, 2.45) is 0 Å². The SMILES string of the molecule is CCCCNC(=O)CS(=O)(=O)c1cc(C(=O)O)ccc1Br. The smallest absolute Gasteiger partial charge is 0.335 e. The van der Waals surface area contributed by atoms with Gasteiger partial charge in [0.15, 0.2) is 9.84 Å². The number of halogens is 1. The van der Waals surface area contributed by atoms with E-state index < -0.39 is 27.5 Å². The van der Waals surface area contributed by atoms with Gasteiger partial charge in [0.1, 0.15) is 5.75 Å². The van der Waals surface area contributed by atoms with Crippen LogP contribution in [0.2, 0.25) is 0 Å². The molecule has 0 atom stereocenters. The van der Waals surface area contributed by atoms with Crippen molar-refractivity contribution in [3.8, 4) is 0 Å². The number of carbonyl (C=O) groups is 2. The molecule has 0 unspecified atom stereocenters. The Bertz CT molecular complexity index is 642. The Hall–Kier alpha value is -1.41. The molecule has 1 aromatic rings. The Kier molecular flexibility index (Phi) is 6.35. The summed E-state index contributed by atoms with van der Waals surface area (Å²) in [6, 6.07) is 3.67. The number of amides is 1. The Balaban J connectivity index is 2.95. The van der Waals surface area contributed by atoms with Crippen LogP contribution in [0.15, 0.2) is 27.6 Å². The van der Waals surface area contributed by atoms with Gasteiger partial charge >= 0.3 is 5.97 Å². The fourth-order valence-electron chi connectivity index (χ4n) is 1.58. The molecule has 0 heterocycles. The third kappa shape index (κ3) is 5.13. The van der Waals surface area contributed by atoms with Gasteiger partial charge in [-0.2, -0.15) is 0 Å². The summed E-state index contributed by atoms with van der Waals surface area (Å²) < 4.78 is 24.6. The average molecular weight is 378 g/mol. The minimum absolute atomic E-state index is 0.150. The van der Waals surface area contributed by atoms with Gasteiger partial charge in [-0.05, 0) is 40.5 Å². The van der Waals surface area contributed by atoms with E-state index in [0.29, 0.717) is 6.54 Å². The highest BCUT2D eigenvalue weighted by Gasteiger charge is 2.23. The van der Waals surface area contributed by atoms with E-state index in [9.17, 15) is 18.0 Å². The topological polar surface area (TPSA) is 101 Å². The second kappa shape index (κ2) is 7.56. The van der Waals surface area contributed by atoms with Gasteiger partial charge in [0.2, 0.25) is 5.91 Å². The minimum atomic E-state index is -3.91. The number of benzene rings is 1. The van der Waals surface area contributed by atoms with Crippen LogP contribution in [0.3, 0.4) is 0 Å². The zero-order chi connectivity index (χ0) is 16.0. The lowest BCUT2D eigenvalue weighted by molar-refractivity contribution is -0.118. The van der Waals surface area contributed by atoms with Crippen LogP contribution < -0.4 is 5.32 Å². The van der Waals surface area contributed by atoms with Crippen LogP contribution in [0, 0.1) is 0 Å². The van der Waals surface area contributed by atoms with E-state index in [0.717, 1.165) is 18.9 Å². The molecule has 0 radical (unpaired) electrons. The molecule has 0 aromatic heterocycles. The van der Waals surface area contributed by atoms with Crippen molar-refractivity contribution in [1.29, 1.82) is 0 Å². The summed E-state index contributed by atoms with van der Waals surface area (Å²) in [4.78, 5) is 22.3. The van der Waals surface area contributed by atoms with E-state index in [1.54, 1.807) is 0 Å². The molecule has 1 rings (SSSR count). The number of hydrogen-bond acceptors (Lipinski definition) is 4. The maximum Gasteiger partial charge on any atom is 0.335 e. The Labute approximate surface area is 131 Å². The Morgan fingerprint density at radius 2 is 2.00 bits per heavy atom. The molecule has 0 aliphatic carbocycles. The van der Waals surface area contributed by atoms with Crippen molar-refractivity contribution >= 4 is 37.6 Å². The standard InChI is InChI=1S/C13H16BrNO5S/c1-2-3-6-15-12(16)8-21(19,20)11-7-9(13(17)18)4-5-10(11)14/h4-5,7H,2-3,6,8H2,1H3,(H,15,16)(H,17,18). The molecule has 8 heteroatoms. The van der Waals surface area contributed by atoms with Crippen molar-refractivity contribution in [3.63, 3.8) is 0 Å². The maximum absolute atomic E-state index is 12.2. The molecule has 0 fully saturated rings. The second-order valence-corrected chi connectivity index (χ2v) is 7.23. The van der Waals surface area contributed by atoms with Gasteiger partial charge in [0.05, 0.1) is 10.5 Å². The van der Waals surface area contributed by atoms with E-state index in [1.807, 2.05) is 6.92 Å². The number of sulfone groups is 1. The molecule has 0 spiro atoms. The number of carboxylic acids is 1. The number of hydrogen-bond donors (Lipinski definition) is 2. The molecule has 0 aliphatic rings. The first-order valence-corrected chi connectivity index (χ1v) is 8.74. The quantitative estimate of drug-likeness (QED) is 0.706. The highest BCUT2D eigenvalue weighted by molar-refractivity contribution is 9.10. The highest BCUT2D eigenvalue weighted by atomic mass is 79.9. The van der Waals surface area contributed by atoms with Gasteiger partial charge in [-0.1, -0.05) is 13.3 Å². The van der Waals surface area contributed by atoms with Crippen molar-refractivity contribution < 1.29 is 23.1 Å². The lowest BCUT2D eigenvalue weighted by atomic mass is 10.2. The van der Waals surface area contributed by atoms with E-state index in [1.165, 1.54) is 12.1 Å². The predicted molar refractivity (Wildman–Crippen MR) is 81.1 cm³/mol. The summed E-state index contributed by atoms with van der Waals surface area (Å²) in [5.41, 5.74) is -0.150. The summed E-state index contributed by atoms with van der Waals surface area (Å²) in [5.74, 6) is -2.54. The minimum Gasteiger partial charge on any atom is -0.478 e. The summed E-state index contributed by atoms with van der Waals surface area (Å²) in [6.07, 6.45) is 1.66. The van der Waals surface area contributed by atoms with Crippen LogP contribution in [0.25, 0.3) is 0 Å². The first-order valence-electron chi connectivity index (χ1n) is 6.30. The normalized spacial score (nSPS) is 11.1. The van der Waals surface area contributed by atoms with E-state index in [2.05, 4.69) is 21.2 Å². The predicted octanol–water partition coefficient (Wildman–Crippen LogP) is 1.84. The Morgan fingerprint density at radius 3 is 2.57 bits per heavy atom. The van der Waals surface area contributed by atoms with Crippen molar-refractivity contribution in [2.45, 2.75) is 24.7 Å². The molecule has 0 bridgehead atoms. The molecule has 116 valence electrons. The summed E-state index contributed by atoms with van der Waals surface area (Å²) >= 11 is 3.07. The molecule has 6 nitrogen and oxygen atoms in total.